The van der Waals surface area contributed by atoms with Gasteiger partial charge in [-0.1, -0.05) is 48.5 Å². The van der Waals surface area contributed by atoms with E-state index in [1.165, 1.54) is 4.90 Å². The molecule has 0 amide bonds. The highest BCUT2D eigenvalue weighted by molar-refractivity contribution is 7.99. The van der Waals surface area contributed by atoms with Crippen LogP contribution in [0.1, 0.15) is 25.3 Å². The molecule has 2 aromatic rings. The summed E-state index contributed by atoms with van der Waals surface area (Å²) in [4.78, 5) is 15.7. The summed E-state index contributed by atoms with van der Waals surface area (Å²) in [7, 11) is 0. The van der Waals surface area contributed by atoms with Crippen LogP contribution in [-0.2, 0) is 14.9 Å². The second-order valence-corrected chi connectivity index (χ2v) is 8.00. The lowest BCUT2D eigenvalue weighted by atomic mass is 9.72. The lowest BCUT2D eigenvalue weighted by Gasteiger charge is -2.38. The first-order chi connectivity index (χ1) is 12.7. The molecule has 1 heterocycles. The number of hydrogen-bond acceptors (Lipinski definition) is 3. The number of likely N-dealkylation sites (tertiary alicyclic amines) is 1. The van der Waals surface area contributed by atoms with E-state index in [0.29, 0.717) is 6.61 Å². The van der Waals surface area contributed by atoms with Gasteiger partial charge in [-0.2, -0.15) is 0 Å². The molecule has 3 rings (SSSR count). The van der Waals surface area contributed by atoms with E-state index in [4.69, 9.17) is 4.74 Å². The van der Waals surface area contributed by atoms with Gasteiger partial charge in [0.1, 0.15) is 5.41 Å². The minimum atomic E-state index is -0.465. The van der Waals surface area contributed by atoms with Crippen molar-refractivity contribution >= 4 is 17.7 Å². The van der Waals surface area contributed by atoms with Crippen molar-refractivity contribution in [1.82, 2.24) is 0 Å². The van der Waals surface area contributed by atoms with Crippen molar-refractivity contribution in [3.63, 3.8) is 0 Å². The Labute approximate surface area is 160 Å². The van der Waals surface area contributed by atoms with Gasteiger partial charge < -0.3 is 9.64 Å². The van der Waals surface area contributed by atoms with E-state index < -0.39 is 5.41 Å². The number of hydrogen-bond donors (Lipinski definition) is 1. The molecule has 26 heavy (non-hydrogen) atoms. The van der Waals surface area contributed by atoms with Gasteiger partial charge in [-0.05, 0) is 24.6 Å². The summed E-state index contributed by atoms with van der Waals surface area (Å²) >= 11 is 1.91. The molecule has 1 fully saturated rings. The van der Waals surface area contributed by atoms with Gasteiger partial charge >= 0.3 is 5.97 Å². The monoisotopic (exact) mass is 370 g/mol. The molecular formula is C22H28NO2S+. The quantitative estimate of drug-likeness (QED) is 0.600. The Morgan fingerprint density at radius 1 is 1.04 bits per heavy atom. The van der Waals surface area contributed by atoms with Crippen LogP contribution in [0.25, 0.3) is 0 Å². The molecule has 1 saturated heterocycles. The Bertz CT molecular complexity index is 682. The molecule has 2 aromatic carbocycles. The third kappa shape index (κ3) is 4.49. The van der Waals surface area contributed by atoms with Crippen molar-refractivity contribution in [2.75, 3.05) is 32.0 Å². The number of piperidine rings is 1. The highest BCUT2D eigenvalue weighted by atomic mass is 32.2. The van der Waals surface area contributed by atoms with Crippen molar-refractivity contribution in [3.8, 4) is 0 Å². The van der Waals surface area contributed by atoms with Crippen molar-refractivity contribution in [1.29, 1.82) is 0 Å². The molecule has 1 aliphatic rings. The van der Waals surface area contributed by atoms with E-state index in [1.54, 1.807) is 4.90 Å². The van der Waals surface area contributed by atoms with Crippen LogP contribution >= 0.6 is 11.8 Å². The lowest BCUT2D eigenvalue weighted by molar-refractivity contribution is -0.903. The van der Waals surface area contributed by atoms with Crippen molar-refractivity contribution in [2.45, 2.75) is 30.1 Å². The number of esters is 1. The summed E-state index contributed by atoms with van der Waals surface area (Å²) in [5.41, 5.74) is 0.643. The highest BCUT2D eigenvalue weighted by Gasteiger charge is 2.45. The Balaban J connectivity index is 1.59. The molecule has 4 heteroatoms. The molecule has 1 N–H and O–H groups in total. The number of thioether (sulfide) groups is 1. The van der Waals surface area contributed by atoms with Crippen LogP contribution in [0, 0.1) is 0 Å². The second kappa shape index (κ2) is 9.24. The molecule has 0 aliphatic carbocycles. The van der Waals surface area contributed by atoms with Gasteiger partial charge in [0, 0.05) is 23.5 Å². The van der Waals surface area contributed by atoms with Crippen molar-refractivity contribution in [3.05, 3.63) is 66.2 Å². The number of ether oxygens (including phenoxy) is 1. The van der Waals surface area contributed by atoms with Crippen LogP contribution in [0.2, 0.25) is 0 Å². The Hall–Kier alpha value is -1.78. The topological polar surface area (TPSA) is 30.7 Å². The van der Waals surface area contributed by atoms with Gasteiger partial charge in [-0.25, -0.2) is 0 Å². The fourth-order valence-corrected chi connectivity index (χ4v) is 4.72. The number of benzene rings is 2. The van der Waals surface area contributed by atoms with Gasteiger partial charge in [0.15, 0.2) is 0 Å². The van der Waals surface area contributed by atoms with Crippen molar-refractivity contribution < 1.29 is 14.4 Å². The van der Waals surface area contributed by atoms with E-state index in [0.717, 1.165) is 43.8 Å². The molecule has 0 saturated carbocycles. The molecule has 138 valence electrons. The zero-order valence-electron chi connectivity index (χ0n) is 15.4. The molecule has 0 bridgehead atoms. The number of quaternary nitrogens is 1. The molecule has 0 atom stereocenters. The van der Waals surface area contributed by atoms with Gasteiger partial charge in [-0.3, -0.25) is 4.79 Å². The van der Waals surface area contributed by atoms with Crippen LogP contribution in [0.4, 0.5) is 0 Å². The first-order valence-corrected chi connectivity index (χ1v) is 10.5. The SMILES string of the molecule is CCOC(=O)C1(c2ccccc2)CC[NH+](CCSc2ccccc2)CC1. The summed E-state index contributed by atoms with van der Waals surface area (Å²) < 4.78 is 5.46. The zero-order chi connectivity index (χ0) is 18.2. The van der Waals surface area contributed by atoms with Gasteiger partial charge in [0.25, 0.3) is 0 Å². The van der Waals surface area contributed by atoms with Crippen LogP contribution in [0.5, 0.6) is 0 Å². The standard InChI is InChI=1S/C22H27NO2S/c1-2-25-21(24)22(19-9-5-3-6-10-19)13-15-23(16-14-22)17-18-26-20-11-7-4-8-12-20/h3-12H,2,13-18H2,1H3/p+1. The predicted octanol–water partition coefficient (Wildman–Crippen LogP) is 2.96. The lowest BCUT2D eigenvalue weighted by Crippen LogP contribution is -3.14. The Kier molecular flexibility index (Phi) is 6.75. The maximum atomic E-state index is 12.8. The van der Waals surface area contributed by atoms with Crippen LogP contribution in [0.15, 0.2) is 65.6 Å². The third-order valence-electron chi connectivity index (χ3n) is 5.27. The molecular weight excluding hydrogens is 342 g/mol. The van der Waals surface area contributed by atoms with Gasteiger partial charge in [0.2, 0.25) is 0 Å². The fourth-order valence-electron chi connectivity index (χ4n) is 3.75. The van der Waals surface area contributed by atoms with E-state index in [1.807, 2.05) is 36.9 Å². The third-order valence-corrected chi connectivity index (χ3v) is 6.28. The fraction of sp³-hybridized carbons (Fsp3) is 0.409. The minimum Gasteiger partial charge on any atom is -0.465 e. The second-order valence-electron chi connectivity index (χ2n) is 6.83. The van der Waals surface area contributed by atoms with E-state index in [2.05, 4.69) is 42.5 Å². The van der Waals surface area contributed by atoms with Gasteiger partial charge in [-0.15, -0.1) is 11.8 Å². The summed E-state index contributed by atoms with van der Waals surface area (Å²) in [6.45, 7) is 5.49. The molecule has 3 nitrogen and oxygen atoms in total. The molecule has 0 aromatic heterocycles. The predicted molar refractivity (Wildman–Crippen MR) is 107 cm³/mol. The van der Waals surface area contributed by atoms with Crippen molar-refractivity contribution in [2.24, 2.45) is 0 Å². The van der Waals surface area contributed by atoms with Crippen LogP contribution < -0.4 is 4.90 Å². The van der Waals surface area contributed by atoms with Crippen LogP contribution in [0.3, 0.4) is 0 Å². The average molecular weight is 371 g/mol. The van der Waals surface area contributed by atoms with Gasteiger partial charge in [0.05, 0.1) is 26.2 Å². The molecule has 0 unspecified atom stereocenters. The first kappa shape index (κ1) is 19.0. The molecule has 0 radical (unpaired) electrons. The maximum Gasteiger partial charge on any atom is 0.317 e. The number of carbonyl (C=O) groups excluding carboxylic acids is 1. The minimum absolute atomic E-state index is 0.0519. The highest BCUT2D eigenvalue weighted by Crippen LogP contribution is 2.34. The van der Waals surface area contributed by atoms with E-state index >= 15 is 0 Å². The number of rotatable bonds is 7. The van der Waals surface area contributed by atoms with Crippen LogP contribution in [-0.4, -0.2) is 38.0 Å². The first-order valence-electron chi connectivity index (χ1n) is 9.49. The number of carbonyl (C=O) groups is 1. The smallest absolute Gasteiger partial charge is 0.317 e. The normalized spacial score (nSPS) is 22.7. The summed E-state index contributed by atoms with van der Waals surface area (Å²) in [5, 5.41) is 0. The maximum absolute atomic E-state index is 12.8. The Morgan fingerprint density at radius 2 is 1.65 bits per heavy atom. The average Bonchev–Trinajstić information content (AvgIpc) is 2.70. The van der Waals surface area contributed by atoms with E-state index in [-0.39, 0.29) is 5.97 Å². The summed E-state index contributed by atoms with van der Waals surface area (Å²) in [6, 6.07) is 20.8. The Morgan fingerprint density at radius 3 is 2.27 bits per heavy atom. The zero-order valence-corrected chi connectivity index (χ0v) is 16.3. The summed E-state index contributed by atoms with van der Waals surface area (Å²) in [6.07, 6.45) is 1.72. The largest absolute Gasteiger partial charge is 0.465 e. The number of nitrogens with one attached hydrogen (secondary N) is 1. The van der Waals surface area contributed by atoms with E-state index in [9.17, 15) is 4.79 Å². The molecule has 1 aliphatic heterocycles. The molecule has 0 spiro atoms. The summed E-state index contributed by atoms with van der Waals surface area (Å²) in [5.74, 6) is 1.06.